The van der Waals surface area contributed by atoms with Gasteiger partial charge in [-0.05, 0) is 62.3 Å². The van der Waals surface area contributed by atoms with Gasteiger partial charge in [-0.3, -0.25) is 0 Å². The van der Waals surface area contributed by atoms with Crippen LogP contribution < -0.4 is 5.32 Å². The van der Waals surface area contributed by atoms with Crippen LogP contribution in [0.5, 0.6) is 0 Å². The van der Waals surface area contributed by atoms with Crippen molar-refractivity contribution in [3.63, 3.8) is 0 Å². The van der Waals surface area contributed by atoms with Gasteiger partial charge in [-0.25, -0.2) is 0 Å². The van der Waals surface area contributed by atoms with Crippen LogP contribution in [-0.4, -0.2) is 26.3 Å². The third-order valence-corrected chi connectivity index (χ3v) is 4.20. The molecule has 0 radical (unpaired) electrons. The van der Waals surface area contributed by atoms with Gasteiger partial charge in [0, 0.05) is 24.2 Å². The molecule has 2 rings (SSSR count). The SMILES string of the molecule is COCCCC(CNC1CC1)Cc1ccc(Br)cc1. The number of methoxy groups -OCH3 is 1. The highest BCUT2D eigenvalue weighted by molar-refractivity contribution is 9.10. The van der Waals surface area contributed by atoms with Crippen LogP contribution in [0.1, 0.15) is 31.2 Å². The zero-order valence-electron chi connectivity index (χ0n) is 11.7. The molecule has 19 heavy (non-hydrogen) atoms. The Kier molecular flexibility index (Phi) is 6.35. The molecule has 0 heterocycles. The molecule has 0 aliphatic heterocycles. The standard InChI is InChI=1S/C16H24BrNO/c1-19-10-2-3-14(12-18-16-8-9-16)11-13-4-6-15(17)7-5-13/h4-7,14,16,18H,2-3,8-12H2,1H3. The summed E-state index contributed by atoms with van der Waals surface area (Å²) >= 11 is 3.49. The number of rotatable bonds is 9. The summed E-state index contributed by atoms with van der Waals surface area (Å²) in [6.45, 7) is 2.02. The Morgan fingerprint density at radius 1 is 1.32 bits per heavy atom. The monoisotopic (exact) mass is 325 g/mol. The minimum Gasteiger partial charge on any atom is -0.385 e. The number of benzene rings is 1. The van der Waals surface area contributed by atoms with Gasteiger partial charge in [0.25, 0.3) is 0 Å². The fraction of sp³-hybridized carbons (Fsp3) is 0.625. The fourth-order valence-corrected chi connectivity index (χ4v) is 2.63. The maximum absolute atomic E-state index is 5.17. The molecule has 1 aliphatic carbocycles. The molecule has 0 amide bonds. The van der Waals surface area contributed by atoms with Gasteiger partial charge in [-0.1, -0.05) is 28.1 Å². The van der Waals surface area contributed by atoms with E-state index in [1.807, 2.05) is 0 Å². The van der Waals surface area contributed by atoms with Crippen molar-refractivity contribution in [2.45, 2.75) is 38.1 Å². The summed E-state index contributed by atoms with van der Waals surface area (Å²) in [5.74, 6) is 0.719. The van der Waals surface area contributed by atoms with Crippen LogP contribution in [0.15, 0.2) is 28.7 Å². The van der Waals surface area contributed by atoms with Gasteiger partial charge < -0.3 is 10.1 Å². The zero-order chi connectivity index (χ0) is 13.5. The third kappa shape index (κ3) is 6.07. The molecule has 0 spiro atoms. The fourth-order valence-electron chi connectivity index (χ4n) is 2.37. The number of hydrogen-bond acceptors (Lipinski definition) is 2. The van der Waals surface area contributed by atoms with Crippen molar-refractivity contribution in [1.82, 2.24) is 5.32 Å². The molecule has 1 atom stereocenters. The van der Waals surface area contributed by atoms with Crippen molar-refractivity contribution >= 4 is 15.9 Å². The summed E-state index contributed by atoms with van der Waals surface area (Å²) in [6, 6.07) is 9.52. The van der Waals surface area contributed by atoms with Gasteiger partial charge in [0.05, 0.1) is 0 Å². The Hall–Kier alpha value is -0.380. The maximum atomic E-state index is 5.17. The van der Waals surface area contributed by atoms with E-state index in [1.165, 1.54) is 24.8 Å². The van der Waals surface area contributed by atoms with Crippen molar-refractivity contribution < 1.29 is 4.74 Å². The molecule has 1 fully saturated rings. The van der Waals surface area contributed by atoms with Gasteiger partial charge in [0.1, 0.15) is 0 Å². The van der Waals surface area contributed by atoms with E-state index in [0.717, 1.165) is 42.4 Å². The summed E-state index contributed by atoms with van der Waals surface area (Å²) in [5.41, 5.74) is 1.43. The van der Waals surface area contributed by atoms with Crippen LogP contribution >= 0.6 is 15.9 Å². The van der Waals surface area contributed by atoms with Crippen molar-refractivity contribution in [3.8, 4) is 0 Å². The number of hydrogen-bond donors (Lipinski definition) is 1. The molecule has 3 heteroatoms. The largest absolute Gasteiger partial charge is 0.385 e. The van der Waals surface area contributed by atoms with Gasteiger partial charge >= 0.3 is 0 Å². The molecule has 0 aromatic heterocycles. The van der Waals surface area contributed by atoms with E-state index in [4.69, 9.17) is 4.74 Å². The zero-order valence-corrected chi connectivity index (χ0v) is 13.3. The molecule has 1 aromatic rings. The maximum Gasteiger partial charge on any atom is 0.0462 e. The van der Waals surface area contributed by atoms with Crippen LogP contribution in [0.4, 0.5) is 0 Å². The highest BCUT2D eigenvalue weighted by Crippen LogP contribution is 2.21. The number of halogens is 1. The van der Waals surface area contributed by atoms with Crippen molar-refractivity contribution in [2.24, 2.45) is 5.92 Å². The Labute approximate surface area is 125 Å². The predicted octanol–water partition coefficient (Wildman–Crippen LogP) is 3.79. The second kappa shape index (κ2) is 8.03. The summed E-state index contributed by atoms with van der Waals surface area (Å²) in [7, 11) is 1.78. The summed E-state index contributed by atoms with van der Waals surface area (Å²) in [6.07, 6.45) is 6.29. The Morgan fingerprint density at radius 3 is 2.68 bits per heavy atom. The first-order valence-electron chi connectivity index (χ1n) is 7.24. The lowest BCUT2D eigenvalue weighted by Gasteiger charge is -2.17. The summed E-state index contributed by atoms with van der Waals surface area (Å²) in [4.78, 5) is 0. The van der Waals surface area contributed by atoms with Crippen LogP contribution in [0.2, 0.25) is 0 Å². The summed E-state index contributed by atoms with van der Waals surface area (Å²) < 4.78 is 6.33. The Bertz CT molecular complexity index is 362. The average molecular weight is 326 g/mol. The molecular weight excluding hydrogens is 302 g/mol. The molecule has 1 N–H and O–H groups in total. The van der Waals surface area contributed by atoms with Gasteiger partial charge in [0.2, 0.25) is 0 Å². The average Bonchev–Trinajstić information content (AvgIpc) is 3.23. The van der Waals surface area contributed by atoms with Crippen molar-refractivity contribution in [1.29, 1.82) is 0 Å². The molecular formula is C16H24BrNO. The third-order valence-electron chi connectivity index (χ3n) is 3.67. The van der Waals surface area contributed by atoms with E-state index in [0.29, 0.717) is 0 Å². The van der Waals surface area contributed by atoms with E-state index >= 15 is 0 Å². The highest BCUT2D eigenvalue weighted by atomic mass is 79.9. The second-order valence-corrected chi connectivity index (χ2v) is 6.43. The summed E-state index contributed by atoms with van der Waals surface area (Å²) in [5, 5.41) is 3.67. The quantitative estimate of drug-likeness (QED) is 0.697. The smallest absolute Gasteiger partial charge is 0.0462 e. The van der Waals surface area contributed by atoms with E-state index in [-0.39, 0.29) is 0 Å². The number of nitrogens with one attached hydrogen (secondary N) is 1. The predicted molar refractivity (Wildman–Crippen MR) is 83.5 cm³/mol. The van der Waals surface area contributed by atoms with Crippen LogP contribution in [0.3, 0.4) is 0 Å². The lowest BCUT2D eigenvalue weighted by Crippen LogP contribution is -2.26. The van der Waals surface area contributed by atoms with Crippen LogP contribution in [0.25, 0.3) is 0 Å². The number of ether oxygens (including phenoxy) is 1. The first-order valence-corrected chi connectivity index (χ1v) is 8.04. The first-order chi connectivity index (χ1) is 9.28. The molecule has 1 aromatic carbocycles. The van der Waals surface area contributed by atoms with E-state index in [1.54, 1.807) is 7.11 Å². The molecule has 1 aliphatic rings. The van der Waals surface area contributed by atoms with Crippen molar-refractivity contribution in [2.75, 3.05) is 20.3 Å². The van der Waals surface area contributed by atoms with Crippen LogP contribution in [0, 0.1) is 5.92 Å². The minimum absolute atomic E-state index is 0.719. The molecule has 2 nitrogen and oxygen atoms in total. The molecule has 0 saturated heterocycles. The highest BCUT2D eigenvalue weighted by Gasteiger charge is 2.21. The van der Waals surface area contributed by atoms with Gasteiger partial charge in [-0.15, -0.1) is 0 Å². The lowest BCUT2D eigenvalue weighted by atomic mass is 9.94. The van der Waals surface area contributed by atoms with E-state index in [9.17, 15) is 0 Å². The first kappa shape index (κ1) is 15.0. The molecule has 0 bridgehead atoms. The van der Waals surface area contributed by atoms with E-state index < -0.39 is 0 Å². The van der Waals surface area contributed by atoms with Gasteiger partial charge in [0.15, 0.2) is 0 Å². The van der Waals surface area contributed by atoms with Crippen molar-refractivity contribution in [3.05, 3.63) is 34.3 Å². The minimum atomic E-state index is 0.719. The van der Waals surface area contributed by atoms with E-state index in [2.05, 4.69) is 45.5 Å². The Balaban J connectivity index is 1.81. The van der Waals surface area contributed by atoms with Gasteiger partial charge in [-0.2, -0.15) is 0 Å². The normalized spacial score (nSPS) is 16.5. The van der Waals surface area contributed by atoms with Crippen LogP contribution in [-0.2, 0) is 11.2 Å². The topological polar surface area (TPSA) is 21.3 Å². The molecule has 1 saturated carbocycles. The Morgan fingerprint density at radius 2 is 2.05 bits per heavy atom. The second-order valence-electron chi connectivity index (χ2n) is 5.51. The molecule has 1 unspecified atom stereocenters. The lowest BCUT2D eigenvalue weighted by molar-refractivity contribution is 0.186. The molecule has 106 valence electrons.